The first kappa shape index (κ1) is 11.8. The van der Waals surface area contributed by atoms with Crippen molar-refractivity contribution in [2.45, 2.75) is 24.8 Å². The van der Waals surface area contributed by atoms with Crippen LogP contribution in [-0.2, 0) is 0 Å². The second-order valence-electron chi connectivity index (χ2n) is 5.32. The largest absolute Gasteiger partial charge is 0.361 e. The topological polar surface area (TPSA) is 45.0 Å². The average molecular weight is 243 g/mol. The molecule has 1 saturated heterocycles. The fraction of sp³-hybridized carbons (Fsp3) is 0.467. The van der Waals surface area contributed by atoms with Gasteiger partial charge in [0, 0.05) is 35.6 Å². The summed E-state index contributed by atoms with van der Waals surface area (Å²) in [6.07, 6.45) is 4.70. The highest BCUT2D eigenvalue weighted by Gasteiger charge is 2.30. The molecule has 0 radical (unpaired) electrons. The molecule has 2 aromatic rings. The van der Waals surface area contributed by atoms with Crippen LogP contribution in [0.25, 0.3) is 10.9 Å². The van der Waals surface area contributed by atoms with Crippen LogP contribution in [0.15, 0.2) is 30.5 Å². The lowest BCUT2D eigenvalue weighted by Crippen LogP contribution is -2.34. The number of H-pyrrole nitrogens is 1. The van der Waals surface area contributed by atoms with Crippen molar-refractivity contribution in [3.8, 4) is 0 Å². The smallest absolute Gasteiger partial charge is 0.0456 e. The van der Waals surface area contributed by atoms with Crippen LogP contribution in [0.1, 0.15) is 24.3 Å². The normalized spacial score (nSPS) is 22.7. The molecule has 0 bridgehead atoms. The van der Waals surface area contributed by atoms with Gasteiger partial charge in [-0.3, -0.25) is 0 Å². The van der Waals surface area contributed by atoms with Gasteiger partial charge in [-0.1, -0.05) is 18.2 Å². The van der Waals surface area contributed by atoms with E-state index in [1.165, 1.54) is 35.9 Å². The van der Waals surface area contributed by atoms with Crippen molar-refractivity contribution in [1.82, 2.24) is 9.88 Å². The van der Waals surface area contributed by atoms with Crippen molar-refractivity contribution in [2.24, 2.45) is 5.73 Å². The Balaban J connectivity index is 2.00. The van der Waals surface area contributed by atoms with Gasteiger partial charge in [0.15, 0.2) is 0 Å². The molecule has 2 unspecified atom stereocenters. The first-order chi connectivity index (χ1) is 8.81. The molecular weight excluding hydrogens is 222 g/mol. The summed E-state index contributed by atoms with van der Waals surface area (Å²) >= 11 is 0. The maximum atomic E-state index is 6.06. The number of nitrogens with one attached hydrogen (secondary N) is 1. The Kier molecular flexibility index (Phi) is 3.10. The molecule has 18 heavy (non-hydrogen) atoms. The lowest BCUT2D eigenvalue weighted by Gasteiger charge is -2.28. The van der Waals surface area contributed by atoms with Gasteiger partial charge >= 0.3 is 0 Å². The number of nitrogens with zero attached hydrogens (tertiary/aromatic N) is 1. The molecule has 3 rings (SSSR count). The van der Waals surface area contributed by atoms with Gasteiger partial charge in [-0.25, -0.2) is 0 Å². The lowest BCUT2D eigenvalue weighted by molar-refractivity contribution is 0.273. The zero-order valence-corrected chi connectivity index (χ0v) is 10.9. The van der Waals surface area contributed by atoms with Crippen LogP contribution in [0.5, 0.6) is 0 Å². The highest BCUT2D eigenvalue weighted by Crippen LogP contribution is 2.33. The maximum absolute atomic E-state index is 6.06. The van der Waals surface area contributed by atoms with E-state index in [0.29, 0.717) is 12.0 Å². The number of fused-ring (bicyclic) bond motifs is 1. The lowest BCUT2D eigenvalue weighted by atomic mass is 9.90. The molecule has 1 aromatic carbocycles. The van der Waals surface area contributed by atoms with Gasteiger partial charge in [-0.2, -0.15) is 0 Å². The molecule has 0 spiro atoms. The molecule has 0 aliphatic carbocycles. The molecule has 3 N–H and O–H groups in total. The predicted molar refractivity (Wildman–Crippen MR) is 75.7 cm³/mol. The molecule has 1 fully saturated rings. The van der Waals surface area contributed by atoms with Gasteiger partial charge in [-0.15, -0.1) is 0 Å². The number of aromatic nitrogens is 1. The zero-order chi connectivity index (χ0) is 12.5. The summed E-state index contributed by atoms with van der Waals surface area (Å²) in [4.78, 5) is 5.82. The number of nitrogens with two attached hydrogens (primary N) is 1. The molecule has 96 valence electrons. The quantitative estimate of drug-likeness (QED) is 0.869. The van der Waals surface area contributed by atoms with Crippen molar-refractivity contribution in [3.05, 3.63) is 36.0 Å². The van der Waals surface area contributed by atoms with E-state index < -0.39 is 0 Å². The summed E-state index contributed by atoms with van der Waals surface area (Å²) in [5.74, 6) is 0.439. The number of para-hydroxylation sites is 1. The number of likely N-dealkylation sites (tertiary alicyclic amines) is 1. The second-order valence-corrected chi connectivity index (χ2v) is 5.32. The summed E-state index contributed by atoms with van der Waals surface area (Å²) in [6.45, 7) is 1.92. The van der Waals surface area contributed by atoms with Crippen molar-refractivity contribution >= 4 is 10.9 Å². The van der Waals surface area contributed by atoms with Gasteiger partial charge in [-0.05, 0) is 38.1 Å². The minimum Gasteiger partial charge on any atom is -0.361 e. The number of rotatable bonds is 3. The predicted octanol–water partition coefficient (Wildman–Crippen LogP) is 2.30. The van der Waals surface area contributed by atoms with Gasteiger partial charge in [0.25, 0.3) is 0 Å². The highest BCUT2D eigenvalue weighted by molar-refractivity contribution is 5.83. The Morgan fingerprint density at radius 1 is 1.44 bits per heavy atom. The van der Waals surface area contributed by atoms with Crippen LogP contribution in [0.2, 0.25) is 0 Å². The number of likely N-dealkylation sites (N-methyl/N-ethyl adjacent to an activating group) is 1. The Morgan fingerprint density at radius 3 is 3.00 bits per heavy atom. The molecule has 0 saturated carbocycles. The summed E-state index contributed by atoms with van der Waals surface area (Å²) < 4.78 is 0. The van der Waals surface area contributed by atoms with Gasteiger partial charge in [0.05, 0.1) is 0 Å². The summed E-state index contributed by atoms with van der Waals surface area (Å²) in [6, 6.07) is 9.09. The fourth-order valence-electron chi connectivity index (χ4n) is 3.34. The number of hydrogen-bond acceptors (Lipinski definition) is 2. The van der Waals surface area contributed by atoms with Crippen LogP contribution in [-0.4, -0.2) is 36.1 Å². The SMILES string of the molecule is CN1CCCC1C(CN)c1c[nH]c2ccccc12. The Hall–Kier alpha value is -1.32. The first-order valence-corrected chi connectivity index (χ1v) is 6.77. The average Bonchev–Trinajstić information content (AvgIpc) is 2.99. The molecule has 1 aliphatic rings. The van der Waals surface area contributed by atoms with Crippen molar-refractivity contribution in [1.29, 1.82) is 0 Å². The summed E-state index contributed by atoms with van der Waals surface area (Å²) in [5.41, 5.74) is 8.65. The molecule has 1 aliphatic heterocycles. The number of benzene rings is 1. The molecule has 2 atom stereocenters. The summed E-state index contributed by atoms with van der Waals surface area (Å²) in [7, 11) is 2.22. The molecule has 3 heteroatoms. The second kappa shape index (κ2) is 4.75. The van der Waals surface area contributed by atoms with E-state index in [-0.39, 0.29) is 0 Å². The van der Waals surface area contributed by atoms with E-state index in [9.17, 15) is 0 Å². The molecule has 3 nitrogen and oxygen atoms in total. The van der Waals surface area contributed by atoms with E-state index in [2.05, 4.69) is 47.4 Å². The van der Waals surface area contributed by atoms with Gasteiger partial charge in [0.1, 0.15) is 0 Å². The Bertz CT molecular complexity index is 531. The third kappa shape index (κ3) is 1.84. The fourth-order valence-corrected chi connectivity index (χ4v) is 3.34. The van der Waals surface area contributed by atoms with E-state index in [0.717, 1.165) is 6.54 Å². The summed E-state index contributed by atoms with van der Waals surface area (Å²) in [5, 5.41) is 1.33. The van der Waals surface area contributed by atoms with Crippen LogP contribution < -0.4 is 5.73 Å². The van der Waals surface area contributed by atoms with E-state index in [4.69, 9.17) is 5.73 Å². The van der Waals surface area contributed by atoms with Gasteiger partial charge in [0.2, 0.25) is 0 Å². The van der Waals surface area contributed by atoms with Crippen LogP contribution in [0.4, 0.5) is 0 Å². The minimum atomic E-state index is 0.439. The maximum Gasteiger partial charge on any atom is 0.0456 e. The molecule has 2 heterocycles. The van der Waals surface area contributed by atoms with Crippen LogP contribution in [0, 0.1) is 0 Å². The van der Waals surface area contributed by atoms with Crippen molar-refractivity contribution in [3.63, 3.8) is 0 Å². The third-order valence-electron chi connectivity index (χ3n) is 4.32. The monoisotopic (exact) mass is 243 g/mol. The Morgan fingerprint density at radius 2 is 2.28 bits per heavy atom. The van der Waals surface area contributed by atoms with E-state index in [1.54, 1.807) is 0 Å². The number of aromatic amines is 1. The van der Waals surface area contributed by atoms with Crippen LogP contribution >= 0.6 is 0 Å². The number of hydrogen-bond donors (Lipinski definition) is 2. The zero-order valence-electron chi connectivity index (χ0n) is 10.9. The standard InChI is InChI=1S/C15H21N3/c1-18-8-4-7-15(18)12(9-16)13-10-17-14-6-3-2-5-11(13)14/h2-3,5-6,10,12,15,17H,4,7-9,16H2,1H3. The molecular formula is C15H21N3. The molecule has 0 amide bonds. The van der Waals surface area contributed by atoms with Crippen molar-refractivity contribution < 1.29 is 0 Å². The Labute approximate surface area is 108 Å². The third-order valence-corrected chi connectivity index (χ3v) is 4.32. The van der Waals surface area contributed by atoms with Crippen molar-refractivity contribution in [2.75, 3.05) is 20.1 Å². The first-order valence-electron chi connectivity index (χ1n) is 6.77. The van der Waals surface area contributed by atoms with E-state index in [1.807, 2.05) is 0 Å². The van der Waals surface area contributed by atoms with Gasteiger partial charge < -0.3 is 15.6 Å². The molecule has 1 aromatic heterocycles. The van der Waals surface area contributed by atoms with Crippen LogP contribution in [0.3, 0.4) is 0 Å². The van der Waals surface area contributed by atoms with E-state index >= 15 is 0 Å². The highest BCUT2D eigenvalue weighted by atomic mass is 15.2. The minimum absolute atomic E-state index is 0.439.